The monoisotopic (exact) mass is 148 g/mol. The fourth-order valence-corrected chi connectivity index (χ4v) is 0.474. The third-order valence-electron chi connectivity index (χ3n) is 0.920. The number of hydrogen-bond acceptors (Lipinski definition) is 5. The lowest BCUT2D eigenvalue weighted by Crippen LogP contribution is -2.45. The minimum atomic E-state index is -0.599. The quantitative estimate of drug-likeness (QED) is 0.207. The Bertz CT molecular complexity index is 68.7. The molecule has 0 saturated carbocycles. The van der Waals surface area contributed by atoms with E-state index in [0.717, 1.165) is 12.8 Å². The van der Waals surface area contributed by atoms with Crippen LogP contribution in [0.3, 0.4) is 0 Å². The number of unbranched alkanes of at least 4 members (excludes halogenated alkanes) is 1. The molecule has 0 rings (SSSR count). The van der Waals surface area contributed by atoms with Crippen molar-refractivity contribution in [2.45, 2.75) is 19.1 Å². The van der Waals surface area contributed by atoms with Crippen LogP contribution in [0.25, 0.3) is 0 Å². The first-order chi connectivity index (χ1) is 4.77. The number of nitrogens with one attached hydrogen (secondary N) is 1. The lowest BCUT2D eigenvalue weighted by atomic mass is 10.3. The van der Waals surface area contributed by atoms with Crippen molar-refractivity contribution in [3.63, 3.8) is 0 Å². The van der Waals surface area contributed by atoms with Gasteiger partial charge in [-0.15, -0.1) is 0 Å². The molecule has 0 aromatic carbocycles. The summed E-state index contributed by atoms with van der Waals surface area (Å²) in [6.07, 6.45) is 1.29. The smallest absolute Gasteiger partial charge is 0.129 e. The highest BCUT2D eigenvalue weighted by Crippen LogP contribution is 1.84. The van der Waals surface area contributed by atoms with E-state index >= 15 is 0 Å². The van der Waals surface area contributed by atoms with Gasteiger partial charge in [0.05, 0.1) is 6.61 Å². The molecule has 0 aliphatic carbocycles. The van der Waals surface area contributed by atoms with Crippen LogP contribution in [0.5, 0.6) is 0 Å². The summed E-state index contributed by atoms with van der Waals surface area (Å²) in [6.45, 7) is 1.29. The zero-order valence-corrected chi connectivity index (χ0v) is 6.05. The number of nitrogens with two attached hydrogens (primary N) is 3. The van der Waals surface area contributed by atoms with Crippen molar-refractivity contribution in [2.24, 2.45) is 17.2 Å². The van der Waals surface area contributed by atoms with Crippen LogP contribution in [0.2, 0.25) is 0 Å². The predicted molar refractivity (Wildman–Crippen MR) is 39.5 cm³/mol. The standard InChI is InChI=1S/C5H16N4O/c6-3-1-2-4-10-9-5(7)8/h5,9H,1-4,6-8H2. The summed E-state index contributed by atoms with van der Waals surface area (Å²) in [5.41, 5.74) is 17.9. The van der Waals surface area contributed by atoms with Gasteiger partial charge in [-0.2, -0.15) is 5.48 Å². The van der Waals surface area contributed by atoms with Crippen LogP contribution in [-0.4, -0.2) is 19.4 Å². The first kappa shape index (κ1) is 9.80. The molecule has 5 heteroatoms. The Morgan fingerprint density at radius 2 is 2.00 bits per heavy atom. The minimum Gasteiger partial charge on any atom is -0.330 e. The van der Waals surface area contributed by atoms with Crippen LogP contribution in [0.15, 0.2) is 0 Å². The summed E-state index contributed by atoms with van der Waals surface area (Å²) in [7, 11) is 0. The SMILES string of the molecule is NCCCCONC(N)N. The van der Waals surface area contributed by atoms with Crippen molar-refractivity contribution in [3.8, 4) is 0 Å². The Morgan fingerprint density at radius 1 is 1.30 bits per heavy atom. The third-order valence-corrected chi connectivity index (χ3v) is 0.920. The Balaban J connectivity index is 2.77. The molecular weight excluding hydrogens is 132 g/mol. The topological polar surface area (TPSA) is 99.3 Å². The molecule has 0 saturated heterocycles. The number of hydrogen-bond donors (Lipinski definition) is 4. The van der Waals surface area contributed by atoms with Crippen molar-refractivity contribution in [3.05, 3.63) is 0 Å². The molecule has 0 fully saturated rings. The van der Waals surface area contributed by atoms with E-state index in [2.05, 4.69) is 5.48 Å². The molecule has 62 valence electrons. The largest absolute Gasteiger partial charge is 0.330 e. The van der Waals surface area contributed by atoms with E-state index in [0.29, 0.717) is 13.2 Å². The maximum atomic E-state index is 5.25. The van der Waals surface area contributed by atoms with E-state index < -0.39 is 6.29 Å². The summed E-state index contributed by atoms with van der Waals surface area (Å²) in [5.74, 6) is 0. The fraction of sp³-hybridized carbons (Fsp3) is 1.00. The number of hydroxylamine groups is 1. The lowest BCUT2D eigenvalue weighted by Gasteiger charge is -2.07. The first-order valence-corrected chi connectivity index (χ1v) is 3.36. The molecule has 0 atom stereocenters. The van der Waals surface area contributed by atoms with Gasteiger partial charge >= 0.3 is 0 Å². The van der Waals surface area contributed by atoms with Crippen molar-refractivity contribution >= 4 is 0 Å². The summed E-state index contributed by atoms with van der Waals surface area (Å²) >= 11 is 0. The molecule has 0 aliphatic rings. The summed E-state index contributed by atoms with van der Waals surface area (Å²) in [6, 6.07) is 0. The molecule has 0 aromatic heterocycles. The van der Waals surface area contributed by atoms with E-state index in [9.17, 15) is 0 Å². The third kappa shape index (κ3) is 7.80. The van der Waals surface area contributed by atoms with Crippen molar-refractivity contribution in [2.75, 3.05) is 13.2 Å². The van der Waals surface area contributed by atoms with Crippen LogP contribution in [0.4, 0.5) is 0 Å². The molecule has 0 spiro atoms. The molecule has 0 aliphatic heterocycles. The van der Waals surface area contributed by atoms with Gasteiger partial charge in [0.25, 0.3) is 0 Å². The van der Waals surface area contributed by atoms with Crippen molar-refractivity contribution in [1.82, 2.24) is 5.48 Å². The Kier molecular flexibility index (Phi) is 6.78. The second-order valence-electron chi connectivity index (χ2n) is 1.99. The van der Waals surface area contributed by atoms with Gasteiger partial charge in [-0.1, -0.05) is 0 Å². The van der Waals surface area contributed by atoms with Gasteiger partial charge in [-0.3, -0.25) is 4.84 Å². The van der Waals surface area contributed by atoms with Gasteiger partial charge in [0.2, 0.25) is 0 Å². The predicted octanol–water partition coefficient (Wildman–Crippen LogP) is -1.55. The van der Waals surface area contributed by atoms with E-state index in [4.69, 9.17) is 22.0 Å². The van der Waals surface area contributed by atoms with Gasteiger partial charge in [0.15, 0.2) is 0 Å². The Hall–Kier alpha value is -0.200. The highest BCUT2D eigenvalue weighted by atomic mass is 16.6. The van der Waals surface area contributed by atoms with Crippen molar-refractivity contribution < 1.29 is 4.84 Å². The van der Waals surface area contributed by atoms with Crippen LogP contribution >= 0.6 is 0 Å². The Morgan fingerprint density at radius 3 is 2.50 bits per heavy atom. The normalized spacial score (nSPS) is 10.8. The van der Waals surface area contributed by atoms with Gasteiger partial charge < -0.3 is 17.2 Å². The number of rotatable bonds is 6. The van der Waals surface area contributed by atoms with Crippen LogP contribution < -0.4 is 22.7 Å². The maximum Gasteiger partial charge on any atom is 0.129 e. The second kappa shape index (κ2) is 6.91. The molecule has 0 radical (unpaired) electrons. The second-order valence-corrected chi connectivity index (χ2v) is 1.99. The summed E-state index contributed by atoms with van der Waals surface area (Å²) in [5, 5.41) is 0. The molecule has 7 N–H and O–H groups in total. The van der Waals surface area contributed by atoms with E-state index in [1.165, 1.54) is 0 Å². The van der Waals surface area contributed by atoms with Crippen LogP contribution in [-0.2, 0) is 4.84 Å². The van der Waals surface area contributed by atoms with Gasteiger partial charge in [-0.25, -0.2) is 0 Å². The highest BCUT2D eigenvalue weighted by molar-refractivity contribution is 4.38. The van der Waals surface area contributed by atoms with E-state index in [1.807, 2.05) is 0 Å². The average Bonchev–Trinajstić information content (AvgIpc) is 1.87. The molecule has 5 nitrogen and oxygen atoms in total. The summed E-state index contributed by atoms with van der Waals surface area (Å²) in [4.78, 5) is 4.84. The molecule has 0 heterocycles. The molecule has 0 unspecified atom stereocenters. The van der Waals surface area contributed by atoms with Gasteiger partial charge in [-0.05, 0) is 19.4 Å². The zero-order valence-electron chi connectivity index (χ0n) is 6.05. The van der Waals surface area contributed by atoms with Crippen LogP contribution in [0, 0.1) is 0 Å². The molecule has 0 bridgehead atoms. The molecule has 0 aromatic rings. The molecule has 0 amide bonds. The minimum absolute atomic E-state index is 0.599. The lowest BCUT2D eigenvalue weighted by molar-refractivity contribution is 0.0169. The molecule has 10 heavy (non-hydrogen) atoms. The zero-order chi connectivity index (χ0) is 7.82. The van der Waals surface area contributed by atoms with Gasteiger partial charge in [0, 0.05) is 0 Å². The summed E-state index contributed by atoms with van der Waals surface area (Å²) < 4.78 is 0. The fourth-order valence-electron chi connectivity index (χ4n) is 0.474. The van der Waals surface area contributed by atoms with E-state index in [-0.39, 0.29) is 0 Å². The highest BCUT2D eigenvalue weighted by Gasteiger charge is 1.90. The average molecular weight is 148 g/mol. The first-order valence-electron chi connectivity index (χ1n) is 3.36. The maximum absolute atomic E-state index is 5.25. The van der Waals surface area contributed by atoms with E-state index in [1.54, 1.807) is 0 Å². The van der Waals surface area contributed by atoms with Gasteiger partial charge in [0.1, 0.15) is 6.29 Å². The molecular formula is C5H16N4O. The van der Waals surface area contributed by atoms with Crippen LogP contribution in [0.1, 0.15) is 12.8 Å². The Labute approximate surface area is 60.8 Å². The van der Waals surface area contributed by atoms with Crippen molar-refractivity contribution in [1.29, 1.82) is 0 Å².